The number of benzene rings is 3. The van der Waals surface area contributed by atoms with Crippen LogP contribution in [0.4, 0.5) is 5.69 Å². The highest BCUT2D eigenvalue weighted by Gasteiger charge is 2.07. The Kier molecular flexibility index (Phi) is 8.85. The van der Waals surface area contributed by atoms with Crippen LogP contribution in [0.25, 0.3) is 0 Å². The number of amides is 2. The summed E-state index contributed by atoms with van der Waals surface area (Å²) in [5.41, 5.74) is 4.76. The molecule has 0 aliphatic carbocycles. The first kappa shape index (κ1) is 23.8. The van der Waals surface area contributed by atoms with Crippen LogP contribution in [0.2, 0.25) is 5.02 Å². The molecule has 0 spiro atoms. The summed E-state index contributed by atoms with van der Waals surface area (Å²) < 4.78 is 10.8. The van der Waals surface area contributed by atoms with Crippen molar-refractivity contribution in [2.45, 2.75) is 19.4 Å². The minimum Gasteiger partial charge on any atom is -0.497 e. The molecule has 0 saturated heterocycles. The lowest BCUT2D eigenvalue weighted by Crippen LogP contribution is -2.20. The van der Waals surface area contributed by atoms with Crippen LogP contribution in [0.5, 0.6) is 11.5 Å². The standard InChI is InChI=1S/C25H24ClN3O4/c1-32-21-12-8-20(9-13-21)28-24(30)14-15-25(31)29-27-16-18-6-10-22(11-7-18)33-17-19-4-2-3-5-23(19)26/h2-13,16H,14-15,17H2,1H3,(H,28,30)(H,29,31). The predicted octanol–water partition coefficient (Wildman–Crippen LogP) is 4.80. The van der Waals surface area contributed by atoms with Gasteiger partial charge in [-0.2, -0.15) is 5.10 Å². The maximum absolute atomic E-state index is 12.0. The van der Waals surface area contributed by atoms with E-state index < -0.39 is 0 Å². The van der Waals surface area contributed by atoms with Gasteiger partial charge < -0.3 is 14.8 Å². The fraction of sp³-hybridized carbons (Fsp3) is 0.160. The van der Waals surface area contributed by atoms with Crippen LogP contribution in [0.15, 0.2) is 77.9 Å². The van der Waals surface area contributed by atoms with Crippen molar-refractivity contribution < 1.29 is 19.1 Å². The Bertz CT molecular complexity index is 1100. The van der Waals surface area contributed by atoms with E-state index in [0.29, 0.717) is 28.8 Å². The third-order valence-electron chi connectivity index (χ3n) is 4.59. The normalized spacial score (nSPS) is 10.6. The van der Waals surface area contributed by atoms with E-state index in [0.717, 1.165) is 11.1 Å². The number of anilines is 1. The van der Waals surface area contributed by atoms with Gasteiger partial charge in [-0.3, -0.25) is 9.59 Å². The number of rotatable bonds is 10. The van der Waals surface area contributed by atoms with Gasteiger partial charge in [-0.15, -0.1) is 0 Å². The Balaban J connectivity index is 1.37. The molecule has 0 aliphatic rings. The van der Waals surface area contributed by atoms with Gasteiger partial charge in [-0.1, -0.05) is 29.8 Å². The summed E-state index contributed by atoms with van der Waals surface area (Å²) in [5, 5.41) is 7.32. The molecule has 3 aromatic carbocycles. The van der Waals surface area contributed by atoms with Gasteiger partial charge in [0.1, 0.15) is 18.1 Å². The van der Waals surface area contributed by atoms with Gasteiger partial charge in [-0.05, 0) is 60.2 Å². The van der Waals surface area contributed by atoms with Crippen molar-refractivity contribution >= 4 is 35.3 Å². The average molecular weight is 466 g/mol. The Morgan fingerprint density at radius 1 is 0.909 bits per heavy atom. The van der Waals surface area contributed by atoms with Crippen LogP contribution in [0.1, 0.15) is 24.0 Å². The zero-order valence-corrected chi connectivity index (χ0v) is 18.8. The van der Waals surface area contributed by atoms with Crippen LogP contribution in [0.3, 0.4) is 0 Å². The Labute approximate surface area is 197 Å². The molecule has 170 valence electrons. The Morgan fingerprint density at radius 2 is 1.58 bits per heavy atom. The minimum absolute atomic E-state index is 0.0220. The Hall–Kier alpha value is -3.84. The van der Waals surface area contributed by atoms with Gasteiger partial charge in [0.2, 0.25) is 11.8 Å². The molecular weight excluding hydrogens is 442 g/mol. The number of ether oxygens (including phenoxy) is 2. The number of hydrazone groups is 1. The third kappa shape index (κ3) is 7.97. The molecule has 0 fully saturated rings. The van der Waals surface area contributed by atoms with E-state index in [1.807, 2.05) is 48.5 Å². The van der Waals surface area contributed by atoms with E-state index in [9.17, 15) is 9.59 Å². The molecule has 0 heterocycles. The molecule has 0 unspecified atom stereocenters. The van der Waals surface area contributed by atoms with E-state index in [1.54, 1.807) is 31.4 Å². The van der Waals surface area contributed by atoms with Crippen molar-refractivity contribution in [3.63, 3.8) is 0 Å². The fourth-order valence-electron chi connectivity index (χ4n) is 2.79. The number of hydrogen-bond donors (Lipinski definition) is 2. The van der Waals surface area contributed by atoms with Gasteiger partial charge in [0, 0.05) is 29.1 Å². The Morgan fingerprint density at radius 3 is 2.27 bits per heavy atom. The van der Waals surface area contributed by atoms with Gasteiger partial charge in [0.15, 0.2) is 0 Å². The summed E-state index contributed by atoms with van der Waals surface area (Å²) in [6, 6.07) is 21.7. The maximum atomic E-state index is 12.0. The van der Waals surface area contributed by atoms with Crippen molar-refractivity contribution in [3.05, 3.63) is 88.9 Å². The molecule has 3 rings (SSSR count). The smallest absolute Gasteiger partial charge is 0.240 e. The summed E-state index contributed by atoms with van der Waals surface area (Å²) in [7, 11) is 1.57. The molecule has 2 amide bonds. The first-order chi connectivity index (χ1) is 16.0. The number of hydrogen-bond acceptors (Lipinski definition) is 5. The van der Waals surface area contributed by atoms with Crippen molar-refractivity contribution in [1.29, 1.82) is 0 Å². The maximum Gasteiger partial charge on any atom is 0.240 e. The van der Waals surface area contributed by atoms with Crippen LogP contribution >= 0.6 is 11.6 Å². The largest absolute Gasteiger partial charge is 0.497 e. The van der Waals surface area contributed by atoms with Crippen LogP contribution in [-0.2, 0) is 16.2 Å². The second-order valence-electron chi connectivity index (χ2n) is 7.02. The van der Waals surface area contributed by atoms with E-state index in [4.69, 9.17) is 21.1 Å². The highest BCUT2D eigenvalue weighted by atomic mass is 35.5. The molecule has 0 aromatic heterocycles. The average Bonchev–Trinajstić information content (AvgIpc) is 2.83. The number of halogens is 1. The van der Waals surface area contributed by atoms with Crippen molar-refractivity contribution in [1.82, 2.24) is 5.43 Å². The lowest BCUT2D eigenvalue weighted by molar-refractivity contribution is -0.124. The second-order valence-corrected chi connectivity index (χ2v) is 7.43. The first-order valence-electron chi connectivity index (χ1n) is 10.3. The van der Waals surface area contributed by atoms with Crippen LogP contribution in [-0.4, -0.2) is 25.1 Å². The topological polar surface area (TPSA) is 89.0 Å². The van der Waals surface area contributed by atoms with Crippen molar-refractivity contribution in [2.75, 3.05) is 12.4 Å². The molecule has 8 heteroatoms. The van der Waals surface area contributed by atoms with E-state index >= 15 is 0 Å². The van der Waals surface area contributed by atoms with E-state index in [-0.39, 0.29) is 24.7 Å². The molecule has 0 aliphatic heterocycles. The molecule has 0 radical (unpaired) electrons. The zero-order chi connectivity index (χ0) is 23.5. The van der Waals surface area contributed by atoms with Crippen LogP contribution < -0.4 is 20.2 Å². The molecule has 0 bridgehead atoms. The number of carbonyl (C=O) groups is 2. The fourth-order valence-corrected chi connectivity index (χ4v) is 2.98. The zero-order valence-electron chi connectivity index (χ0n) is 18.1. The molecule has 0 atom stereocenters. The highest BCUT2D eigenvalue weighted by Crippen LogP contribution is 2.19. The summed E-state index contributed by atoms with van der Waals surface area (Å²) in [5.74, 6) is 0.783. The SMILES string of the molecule is COc1ccc(NC(=O)CCC(=O)NN=Cc2ccc(OCc3ccccc3Cl)cc2)cc1. The summed E-state index contributed by atoms with van der Waals surface area (Å²) >= 11 is 6.13. The lowest BCUT2D eigenvalue weighted by atomic mass is 10.2. The van der Waals surface area contributed by atoms with E-state index in [2.05, 4.69) is 15.8 Å². The lowest BCUT2D eigenvalue weighted by Gasteiger charge is -2.07. The monoisotopic (exact) mass is 465 g/mol. The number of methoxy groups -OCH3 is 1. The number of carbonyl (C=O) groups excluding carboxylic acids is 2. The van der Waals surface area contributed by atoms with Gasteiger partial charge in [0.05, 0.1) is 13.3 Å². The molecule has 3 aromatic rings. The van der Waals surface area contributed by atoms with Gasteiger partial charge in [0.25, 0.3) is 0 Å². The quantitative estimate of drug-likeness (QED) is 0.332. The number of nitrogens with zero attached hydrogens (tertiary/aromatic N) is 1. The van der Waals surface area contributed by atoms with Gasteiger partial charge >= 0.3 is 0 Å². The minimum atomic E-state index is -0.351. The molecule has 7 nitrogen and oxygen atoms in total. The summed E-state index contributed by atoms with van der Waals surface area (Å²) in [4.78, 5) is 23.9. The molecule has 33 heavy (non-hydrogen) atoms. The molecule has 2 N–H and O–H groups in total. The number of nitrogens with one attached hydrogen (secondary N) is 2. The summed E-state index contributed by atoms with van der Waals surface area (Å²) in [6.07, 6.45) is 1.59. The summed E-state index contributed by atoms with van der Waals surface area (Å²) in [6.45, 7) is 0.370. The van der Waals surface area contributed by atoms with Crippen molar-refractivity contribution in [2.24, 2.45) is 5.10 Å². The third-order valence-corrected chi connectivity index (χ3v) is 4.96. The predicted molar refractivity (Wildman–Crippen MR) is 129 cm³/mol. The molecule has 0 saturated carbocycles. The second kappa shape index (κ2) is 12.3. The van der Waals surface area contributed by atoms with Crippen molar-refractivity contribution in [3.8, 4) is 11.5 Å². The van der Waals surface area contributed by atoms with Crippen LogP contribution in [0, 0.1) is 0 Å². The first-order valence-corrected chi connectivity index (χ1v) is 10.6. The highest BCUT2D eigenvalue weighted by molar-refractivity contribution is 6.31. The van der Waals surface area contributed by atoms with E-state index in [1.165, 1.54) is 6.21 Å². The molecular formula is C25H24ClN3O4. The van der Waals surface area contributed by atoms with Gasteiger partial charge in [-0.25, -0.2) is 5.43 Å².